The van der Waals surface area contributed by atoms with Gasteiger partial charge in [-0.25, -0.2) is 0 Å². The number of Topliss-reactive ketones (excluding diaryl/α,β-unsaturated/α-hetero) is 1. The van der Waals surface area contributed by atoms with Crippen molar-refractivity contribution in [3.63, 3.8) is 0 Å². The van der Waals surface area contributed by atoms with Crippen molar-refractivity contribution in [3.05, 3.63) is 39.9 Å². The van der Waals surface area contributed by atoms with Gasteiger partial charge in [-0.1, -0.05) is 12.1 Å². The van der Waals surface area contributed by atoms with E-state index in [0.29, 0.717) is 5.56 Å². The van der Waals surface area contributed by atoms with Gasteiger partial charge in [0.25, 0.3) is 5.69 Å². The van der Waals surface area contributed by atoms with E-state index in [1.807, 2.05) is 0 Å². The summed E-state index contributed by atoms with van der Waals surface area (Å²) in [5.74, 6) is -5.96. The molecule has 9 heteroatoms. The molecule has 32 heavy (non-hydrogen) atoms. The monoisotopic (exact) mass is 449 g/mol. The molecule has 2 rings (SSSR count). The number of nitro benzene ring substituents is 1. The predicted octanol–water partition coefficient (Wildman–Crippen LogP) is 3.32. The Bertz CT molecular complexity index is 905. The molecular weight excluding hydrogens is 418 g/mol. The fraction of sp³-hybridized carbons (Fsp3) is 0.609. The second-order valence-electron chi connectivity index (χ2n) is 10.4. The topological polar surface area (TPSA) is 133 Å². The summed E-state index contributed by atoms with van der Waals surface area (Å²) in [7, 11) is 0. The molecule has 0 saturated heterocycles. The van der Waals surface area contributed by atoms with Crippen LogP contribution in [0.1, 0.15) is 66.4 Å². The van der Waals surface area contributed by atoms with E-state index in [0.717, 1.165) is 0 Å². The molecule has 1 aliphatic carbocycles. The van der Waals surface area contributed by atoms with Crippen LogP contribution in [0.3, 0.4) is 0 Å². The lowest BCUT2D eigenvalue weighted by molar-refractivity contribution is -0.384. The molecule has 0 heterocycles. The number of rotatable bonds is 4. The van der Waals surface area contributed by atoms with Crippen LogP contribution in [0.15, 0.2) is 24.3 Å². The molecule has 0 radical (unpaired) electrons. The average Bonchev–Trinajstić information content (AvgIpc) is 2.56. The first-order valence-corrected chi connectivity index (χ1v) is 10.4. The normalized spacial score (nSPS) is 26.4. The molecule has 1 aromatic carbocycles. The van der Waals surface area contributed by atoms with E-state index >= 15 is 0 Å². The number of ether oxygens (including phenoxy) is 2. The zero-order valence-corrected chi connectivity index (χ0v) is 19.5. The van der Waals surface area contributed by atoms with Gasteiger partial charge < -0.3 is 14.6 Å². The minimum absolute atomic E-state index is 0.190. The Morgan fingerprint density at radius 1 is 1.03 bits per heavy atom. The number of ketones is 1. The van der Waals surface area contributed by atoms with Crippen LogP contribution in [0, 0.1) is 22.0 Å². The minimum atomic E-state index is -1.80. The zero-order chi connectivity index (χ0) is 24.6. The van der Waals surface area contributed by atoms with Crippen LogP contribution in [-0.2, 0) is 23.9 Å². The predicted molar refractivity (Wildman–Crippen MR) is 115 cm³/mol. The molecule has 0 unspecified atom stereocenters. The summed E-state index contributed by atoms with van der Waals surface area (Å²) in [6.07, 6.45) is -0.440. The van der Waals surface area contributed by atoms with Gasteiger partial charge in [-0.15, -0.1) is 0 Å². The van der Waals surface area contributed by atoms with E-state index in [1.165, 1.54) is 31.2 Å². The second kappa shape index (κ2) is 8.61. The molecule has 176 valence electrons. The van der Waals surface area contributed by atoms with Crippen molar-refractivity contribution in [1.82, 2.24) is 0 Å². The second-order valence-corrected chi connectivity index (χ2v) is 10.4. The van der Waals surface area contributed by atoms with Gasteiger partial charge in [-0.3, -0.25) is 24.5 Å². The summed E-state index contributed by atoms with van der Waals surface area (Å²) >= 11 is 0. The third kappa shape index (κ3) is 5.91. The molecule has 0 spiro atoms. The first-order chi connectivity index (χ1) is 14.4. The van der Waals surface area contributed by atoms with Gasteiger partial charge in [0.05, 0.1) is 16.4 Å². The summed E-state index contributed by atoms with van der Waals surface area (Å²) in [6, 6.07) is 5.21. The quantitative estimate of drug-likeness (QED) is 0.320. The van der Waals surface area contributed by atoms with Gasteiger partial charge in [0.15, 0.2) is 5.78 Å². The van der Waals surface area contributed by atoms with Gasteiger partial charge in [0.2, 0.25) is 0 Å². The first-order valence-electron chi connectivity index (χ1n) is 10.4. The number of hydrogen-bond donors (Lipinski definition) is 1. The maximum atomic E-state index is 13.2. The van der Waals surface area contributed by atoms with E-state index in [-0.39, 0.29) is 5.69 Å². The van der Waals surface area contributed by atoms with Crippen molar-refractivity contribution in [2.24, 2.45) is 11.8 Å². The van der Waals surface area contributed by atoms with Gasteiger partial charge in [-0.05, 0) is 54.0 Å². The Hall–Kier alpha value is -2.81. The Balaban J connectivity index is 2.66. The van der Waals surface area contributed by atoms with Gasteiger partial charge >= 0.3 is 11.9 Å². The molecule has 1 saturated carbocycles. The van der Waals surface area contributed by atoms with Crippen LogP contribution in [-0.4, -0.2) is 44.6 Å². The summed E-state index contributed by atoms with van der Waals surface area (Å²) < 4.78 is 11.0. The summed E-state index contributed by atoms with van der Waals surface area (Å²) in [4.78, 5) is 49.8. The van der Waals surface area contributed by atoms with Gasteiger partial charge in [0, 0.05) is 24.5 Å². The number of esters is 2. The van der Waals surface area contributed by atoms with Crippen LogP contribution < -0.4 is 0 Å². The third-order valence-electron chi connectivity index (χ3n) is 5.08. The Labute approximate surface area is 187 Å². The largest absolute Gasteiger partial charge is 0.460 e. The van der Waals surface area contributed by atoms with E-state index in [1.54, 1.807) is 41.5 Å². The van der Waals surface area contributed by atoms with Crippen molar-refractivity contribution in [2.45, 2.75) is 77.6 Å². The van der Waals surface area contributed by atoms with Crippen LogP contribution in [0.5, 0.6) is 0 Å². The van der Waals surface area contributed by atoms with Crippen molar-refractivity contribution in [2.75, 3.05) is 0 Å². The van der Waals surface area contributed by atoms with Gasteiger partial charge in [-0.2, -0.15) is 0 Å². The Kier molecular flexibility index (Phi) is 6.85. The Morgan fingerprint density at radius 2 is 1.50 bits per heavy atom. The molecule has 4 atom stereocenters. The summed E-state index contributed by atoms with van der Waals surface area (Å²) in [5.41, 5.74) is -3.44. The number of carbonyl (C=O) groups is 3. The zero-order valence-electron chi connectivity index (χ0n) is 19.5. The lowest BCUT2D eigenvalue weighted by atomic mass is 9.61. The number of non-ortho nitro benzene ring substituents is 1. The van der Waals surface area contributed by atoms with Crippen LogP contribution in [0.25, 0.3) is 0 Å². The van der Waals surface area contributed by atoms with E-state index in [2.05, 4.69) is 0 Å². The third-order valence-corrected chi connectivity index (χ3v) is 5.08. The summed E-state index contributed by atoms with van der Waals surface area (Å²) in [5, 5.41) is 22.2. The molecule has 1 aromatic rings. The molecular formula is C23H31NO8. The molecule has 0 aliphatic heterocycles. The van der Waals surface area contributed by atoms with E-state index in [9.17, 15) is 29.6 Å². The highest BCUT2D eigenvalue weighted by molar-refractivity contribution is 6.03. The average molecular weight is 450 g/mol. The van der Waals surface area contributed by atoms with E-state index < -0.39 is 63.6 Å². The number of nitro groups is 1. The SMILES string of the molecule is CC(C)(C)OC(=O)[C@@H]1C(=O)C[C@@](C)(O)[C@@H](C(=O)OC(C)(C)C)[C@H]1c1ccc([N+](=O)[O-])cc1. The number of benzene rings is 1. The number of hydrogen-bond acceptors (Lipinski definition) is 8. The van der Waals surface area contributed by atoms with Crippen LogP contribution >= 0.6 is 0 Å². The molecule has 1 fully saturated rings. The number of nitrogens with zero attached hydrogens (tertiary/aromatic N) is 1. The maximum absolute atomic E-state index is 13.2. The minimum Gasteiger partial charge on any atom is -0.460 e. The first kappa shape index (κ1) is 25.5. The van der Waals surface area contributed by atoms with Crippen molar-refractivity contribution < 1.29 is 33.9 Å². The van der Waals surface area contributed by atoms with Crippen molar-refractivity contribution in [3.8, 4) is 0 Å². The number of carbonyl (C=O) groups excluding carboxylic acids is 3. The molecule has 0 amide bonds. The highest BCUT2D eigenvalue weighted by atomic mass is 16.6. The molecule has 1 aliphatic rings. The summed E-state index contributed by atoms with van der Waals surface area (Å²) in [6.45, 7) is 11.3. The smallest absolute Gasteiger partial charge is 0.317 e. The highest BCUT2D eigenvalue weighted by Gasteiger charge is 2.57. The maximum Gasteiger partial charge on any atom is 0.317 e. The van der Waals surface area contributed by atoms with Crippen molar-refractivity contribution in [1.29, 1.82) is 0 Å². The fourth-order valence-electron chi connectivity index (χ4n) is 3.96. The Morgan fingerprint density at radius 3 is 1.94 bits per heavy atom. The van der Waals surface area contributed by atoms with E-state index in [4.69, 9.17) is 9.47 Å². The molecule has 0 aromatic heterocycles. The molecule has 1 N–H and O–H groups in total. The van der Waals surface area contributed by atoms with Gasteiger partial charge in [0.1, 0.15) is 17.1 Å². The fourth-order valence-corrected chi connectivity index (χ4v) is 3.96. The molecule has 0 bridgehead atoms. The lowest BCUT2D eigenvalue weighted by Gasteiger charge is -2.44. The van der Waals surface area contributed by atoms with Crippen LogP contribution in [0.2, 0.25) is 0 Å². The molecule has 9 nitrogen and oxygen atoms in total. The van der Waals surface area contributed by atoms with Crippen LogP contribution in [0.4, 0.5) is 5.69 Å². The lowest BCUT2D eigenvalue weighted by Crippen LogP contribution is -2.56. The highest BCUT2D eigenvalue weighted by Crippen LogP contribution is 2.47. The van der Waals surface area contributed by atoms with Crippen molar-refractivity contribution >= 4 is 23.4 Å². The number of aliphatic hydroxyl groups is 1. The standard InChI is InChI=1S/C23H31NO8/c1-21(2,3)31-19(26)17-15(25)12-23(7,28)18(20(27)32-22(4,5)6)16(17)13-8-10-14(11-9-13)24(29)30/h8-11,16-18,28H,12H2,1-7H3/t16-,17+,18+,23+/m0/s1.